The van der Waals surface area contributed by atoms with Crippen molar-refractivity contribution in [2.45, 2.75) is 4.21 Å². The van der Waals surface area contributed by atoms with Gasteiger partial charge in [0, 0.05) is 16.6 Å². The van der Waals surface area contributed by atoms with Crippen LogP contribution in [0.25, 0.3) is 10.8 Å². The van der Waals surface area contributed by atoms with Gasteiger partial charge in [0.2, 0.25) is 0 Å². The summed E-state index contributed by atoms with van der Waals surface area (Å²) in [4.78, 5) is 12.3. The number of carbonyl (C=O) groups is 1. The zero-order valence-corrected chi connectivity index (χ0v) is 18.1. The lowest BCUT2D eigenvalue weighted by Gasteiger charge is -2.11. The van der Waals surface area contributed by atoms with E-state index in [0.29, 0.717) is 24.4 Å². The predicted octanol–water partition coefficient (Wildman–Crippen LogP) is 4.51. The van der Waals surface area contributed by atoms with Crippen molar-refractivity contribution in [3.63, 3.8) is 0 Å². The fourth-order valence-electron chi connectivity index (χ4n) is 3.06. The number of hydrogen-bond donors (Lipinski definition) is 2. The molecule has 31 heavy (non-hydrogen) atoms. The molecule has 4 aromatic rings. The molecule has 0 aliphatic rings. The molecule has 0 atom stereocenters. The Balaban J connectivity index is 1.30. The van der Waals surface area contributed by atoms with Crippen LogP contribution in [0.15, 0.2) is 88.5 Å². The van der Waals surface area contributed by atoms with Crippen LogP contribution in [0, 0.1) is 0 Å². The maximum atomic E-state index is 12.3. The molecule has 0 spiro atoms. The van der Waals surface area contributed by atoms with Crippen molar-refractivity contribution >= 4 is 43.7 Å². The van der Waals surface area contributed by atoms with Crippen LogP contribution in [0.2, 0.25) is 0 Å². The van der Waals surface area contributed by atoms with Crippen molar-refractivity contribution in [1.29, 1.82) is 0 Å². The minimum atomic E-state index is -3.61. The summed E-state index contributed by atoms with van der Waals surface area (Å²) in [7, 11) is -3.61. The Bertz CT molecular complexity index is 1280. The summed E-state index contributed by atoms with van der Waals surface area (Å²) >= 11 is 1.14. The Morgan fingerprint density at radius 2 is 1.68 bits per heavy atom. The molecule has 0 unspecified atom stereocenters. The number of amides is 1. The highest BCUT2D eigenvalue weighted by Crippen LogP contribution is 2.25. The maximum Gasteiger partial charge on any atom is 0.271 e. The highest BCUT2D eigenvalue weighted by Gasteiger charge is 2.15. The van der Waals surface area contributed by atoms with Crippen LogP contribution in [-0.2, 0) is 10.0 Å². The minimum absolute atomic E-state index is 0.237. The van der Waals surface area contributed by atoms with Crippen molar-refractivity contribution < 1.29 is 17.9 Å². The number of thiophene rings is 1. The average molecular weight is 453 g/mol. The zero-order chi connectivity index (χ0) is 21.7. The van der Waals surface area contributed by atoms with Gasteiger partial charge in [-0.05, 0) is 47.2 Å². The fourth-order valence-corrected chi connectivity index (χ4v) is 5.11. The Kier molecular flexibility index (Phi) is 6.20. The summed E-state index contributed by atoms with van der Waals surface area (Å²) in [5.74, 6) is 0.518. The molecule has 2 N–H and O–H groups in total. The van der Waals surface area contributed by atoms with Crippen molar-refractivity contribution in [2.24, 2.45) is 0 Å². The smallest absolute Gasteiger partial charge is 0.271 e. The van der Waals surface area contributed by atoms with Gasteiger partial charge < -0.3 is 10.1 Å². The molecule has 158 valence electrons. The topological polar surface area (TPSA) is 84.5 Å². The van der Waals surface area contributed by atoms with E-state index in [1.54, 1.807) is 35.7 Å². The molecule has 4 rings (SSSR count). The number of benzene rings is 3. The third-order valence-electron chi connectivity index (χ3n) is 4.55. The monoisotopic (exact) mass is 452 g/mol. The van der Waals surface area contributed by atoms with E-state index >= 15 is 0 Å². The van der Waals surface area contributed by atoms with E-state index in [9.17, 15) is 13.2 Å². The van der Waals surface area contributed by atoms with Crippen molar-refractivity contribution in [3.05, 3.63) is 89.8 Å². The molecule has 1 amide bonds. The first-order valence-corrected chi connectivity index (χ1v) is 11.9. The van der Waals surface area contributed by atoms with E-state index in [1.165, 1.54) is 6.07 Å². The largest absolute Gasteiger partial charge is 0.491 e. The molecular weight excluding hydrogens is 432 g/mol. The summed E-state index contributed by atoms with van der Waals surface area (Å²) in [5.41, 5.74) is 0.827. The zero-order valence-electron chi connectivity index (χ0n) is 16.4. The van der Waals surface area contributed by atoms with Gasteiger partial charge in [0.1, 0.15) is 16.6 Å². The van der Waals surface area contributed by atoms with Gasteiger partial charge in [-0.3, -0.25) is 9.52 Å². The molecule has 0 saturated heterocycles. The molecular formula is C23H20N2O4S2. The van der Waals surface area contributed by atoms with E-state index in [1.807, 2.05) is 42.5 Å². The number of nitrogens with one attached hydrogen (secondary N) is 2. The Labute approximate surface area is 184 Å². The predicted molar refractivity (Wildman–Crippen MR) is 123 cm³/mol. The van der Waals surface area contributed by atoms with Gasteiger partial charge in [-0.15, -0.1) is 11.3 Å². The molecule has 0 aliphatic heterocycles. The highest BCUT2D eigenvalue weighted by molar-refractivity contribution is 7.94. The normalized spacial score (nSPS) is 11.2. The summed E-state index contributed by atoms with van der Waals surface area (Å²) in [6.07, 6.45) is 0. The van der Waals surface area contributed by atoms with E-state index in [0.717, 1.165) is 27.9 Å². The van der Waals surface area contributed by atoms with Gasteiger partial charge in [-0.2, -0.15) is 0 Å². The number of hydrogen-bond acceptors (Lipinski definition) is 5. The van der Waals surface area contributed by atoms with E-state index < -0.39 is 10.0 Å². The first-order valence-electron chi connectivity index (χ1n) is 9.58. The highest BCUT2D eigenvalue weighted by atomic mass is 32.2. The number of ether oxygens (including phenoxy) is 1. The van der Waals surface area contributed by atoms with Gasteiger partial charge in [0.05, 0.1) is 6.54 Å². The van der Waals surface area contributed by atoms with Crippen LogP contribution in [0.1, 0.15) is 10.4 Å². The molecule has 8 heteroatoms. The molecule has 0 radical (unpaired) electrons. The van der Waals surface area contributed by atoms with Crippen molar-refractivity contribution in [3.8, 4) is 5.75 Å². The molecule has 0 fully saturated rings. The standard InChI is InChI=1S/C23H20N2O4S2/c26-23(24-14-15-29-21-8-3-6-17-5-1-2-7-20(17)21)18-10-12-19(13-11-18)25-31(27,28)22-9-4-16-30-22/h1-13,16,25H,14-15H2,(H,24,26). The molecule has 1 aromatic heterocycles. The maximum absolute atomic E-state index is 12.3. The van der Waals surface area contributed by atoms with Gasteiger partial charge >= 0.3 is 0 Å². The number of carbonyl (C=O) groups excluding carboxylic acids is 1. The first kappa shape index (κ1) is 20.9. The average Bonchev–Trinajstić information content (AvgIpc) is 3.33. The van der Waals surface area contributed by atoms with Gasteiger partial charge in [0.25, 0.3) is 15.9 Å². The second-order valence-corrected chi connectivity index (χ2v) is 9.55. The summed E-state index contributed by atoms with van der Waals surface area (Å²) in [5, 5.41) is 6.63. The quantitative estimate of drug-likeness (QED) is 0.385. The molecule has 0 saturated carbocycles. The SMILES string of the molecule is O=C(NCCOc1cccc2ccccc12)c1ccc(NS(=O)(=O)c2cccs2)cc1. The second kappa shape index (κ2) is 9.20. The second-order valence-electron chi connectivity index (χ2n) is 6.70. The molecule has 1 heterocycles. The molecule has 0 bridgehead atoms. The molecule has 0 aliphatic carbocycles. The summed E-state index contributed by atoms with van der Waals surface area (Å²) in [6, 6.07) is 23.3. The van der Waals surface area contributed by atoms with E-state index in [2.05, 4.69) is 10.0 Å². The lowest BCUT2D eigenvalue weighted by molar-refractivity contribution is 0.0947. The number of rotatable bonds is 8. The lowest BCUT2D eigenvalue weighted by Crippen LogP contribution is -2.28. The Morgan fingerprint density at radius 3 is 2.45 bits per heavy atom. The van der Waals surface area contributed by atoms with Crippen LogP contribution in [-0.4, -0.2) is 27.5 Å². The number of anilines is 1. The van der Waals surface area contributed by atoms with E-state index in [-0.39, 0.29) is 10.1 Å². The van der Waals surface area contributed by atoms with Crippen LogP contribution in [0.5, 0.6) is 5.75 Å². The van der Waals surface area contributed by atoms with Crippen LogP contribution >= 0.6 is 11.3 Å². The Hall–Kier alpha value is -3.36. The molecule has 6 nitrogen and oxygen atoms in total. The van der Waals surface area contributed by atoms with Gasteiger partial charge in [-0.25, -0.2) is 8.42 Å². The van der Waals surface area contributed by atoms with Crippen molar-refractivity contribution in [1.82, 2.24) is 5.32 Å². The third-order valence-corrected chi connectivity index (χ3v) is 7.33. The van der Waals surface area contributed by atoms with Crippen LogP contribution < -0.4 is 14.8 Å². The minimum Gasteiger partial charge on any atom is -0.491 e. The third kappa shape index (κ3) is 5.04. The van der Waals surface area contributed by atoms with Gasteiger partial charge in [0.15, 0.2) is 0 Å². The fraction of sp³-hybridized carbons (Fsp3) is 0.0870. The number of sulfonamides is 1. The molecule has 3 aromatic carbocycles. The number of fused-ring (bicyclic) bond motifs is 1. The Morgan fingerprint density at radius 1 is 0.903 bits per heavy atom. The summed E-state index contributed by atoms with van der Waals surface area (Å²) in [6.45, 7) is 0.674. The van der Waals surface area contributed by atoms with Gasteiger partial charge in [-0.1, -0.05) is 42.5 Å². The van der Waals surface area contributed by atoms with E-state index in [4.69, 9.17) is 4.74 Å². The lowest BCUT2D eigenvalue weighted by atomic mass is 10.1. The van der Waals surface area contributed by atoms with Crippen LogP contribution in [0.4, 0.5) is 5.69 Å². The van der Waals surface area contributed by atoms with Crippen LogP contribution in [0.3, 0.4) is 0 Å². The summed E-state index contributed by atoms with van der Waals surface area (Å²) < 4.78 is 33.1. The first-order chi connectivity index (χ1) is 15.0. The van der Waals surface area contributed by atoms with Crippen molar-refractivity contribution in [2.75, 3.05) is 17.9 Å².